The first-order valence-corrected chi connectivity index (χ1v) is 8.63. The maximum absolute atomic E-state index is 13.0. The number of amides is 2. The van der Waals surface area contributed by atoms with Gasteiger partial charge in [-0.25, -0.2) is 9.18 Å². The summed E-state index contributed by atoms with van der Waals surface area (Å²) in [7, 11) is 0. The molecule has 1 heterocycles. The Labute approximate surface area is 159 Å². The molecule has 1 saturated heterocycles. The number of ether oxygens (including phenoxy) is 1. The van der Waals surface area contributed by atoms with Crippen molar-refractivity contribution in [3.8, 4) is 5.75 Å². The van der Waals surface area contributed by atoms with Gasteiger partial charge in [0.15, 0.2) is 0 Å². The summed E-state index contributed by atoms with van der Waals surface area (Å²) in [6.45, 7) is 2.94. The van der Waals surface area contributed by atoms with Crippen LogP contribution < -0.4 is 15.4 Å². The van der Waals surface area contributed by atoms with Crippen molar-refractivity contribution in [1.82, 2.24) is 10.2 Å². The van der Waals surface area contributed by atoms with E-state index < -0.39 is 6.36 Å². The lowest BCUT2D eigenvalue weighted by Gasteiger charge is -2.41. The van der Waals surface area contributed by atoms with Gasteiger partial charge in [0.25, 0.3) is 0 Å². The van der Waals surface area contributed by atoms with Gasteiger partial charge in [-0.1, -0.05) is 12.1 Å². The molecule has 0 spiro atoms. The molecule has 2 amide bonds. The van der Waals surface area contributed by atoms with Crippen LogP contribution in [0.4, 0.5) is 28.0 Å². The fraction of sp³-hybridized carbons (Fsp3) is 0.316. The number of halogens is 4. The van der Waals surface area contributed by atoms with Crippen LogP contribution in [0.25, 0.3) is 0 Å². The van der Waals surface area contributed by atoms with E-state index in [4.69, 9.17) is 0 Å². The van der Waals surface area contributed by atoms with E-state index in [1.807, 2.05) is 6.92 Å². The Bertz CT molecular complexity index is 803. The average molecular weight is 397 g/mol. The number of carbonyl (C=O) groups excluding carboxylic acids is 1. The zero-order chi connectivity index (χ0) is 20.3. The summed E-state index contributed by atoms with van der Waals surface area (Å²) in [6, 6.07) is 10.9. The Hall–Kier alpha value is -2.81. The largest absolute Gasteiger partial charge is 0.573 e. The molecular weight excluding hydrogens is 378 g/mol. The van der Waals surface area contributed by atoms with Gasteiger partial charge in [-0.05, 0) is 48.9 Å². The molecule has 3 rings (SSSR count). The second-order valence-electron chi connectivity index (χ2n) is 6.54. The summed E-state index contributed by atoms with van der Waals surface area (Å²) < 4.78 is 53.2. The minimum Gasteiger partial charge on any atom is -0.406 e. The SMILES string of the molecule is CC(NC1CN(C(=O)Nc2ccc(OC(F)(F)F)cc2)C1)c1ccc(F)cc1. The van der Waals surface area contributed by atoms with Gasteiger partial charge < -0.3 is 20.3 Å². The van der Waals surface area contributed by atoms with Gasteiger partial charge in [-0.2, -0.15) is 0 Å². The number of rotatable bonds is 5. The first kappa shape index (κ1) is 19.9. The van der Waals surface area contributed by atoms with E-state index >= 15 is 0 Å². The highest BCUT2D eigenvalue weighted by Crippen LogP contribution is 2.24. The van der Waals surface area contributed by atoms with Crippen molar-refractivity contribution in [3.63, 3.8) is 0 Å². The Kier molecular flexibility index (Phi) is 5.73. The number of hydrogen-bond donors (Lipinski definition) is 2. The van der Waals surface area contributed by atoms with Crippen molar-refractivity contribution >= 4 is 11.7 Å². The van der Waals surface area contributed by atoms with E-state index in [0.717, 1.165) is 17.7 Å². The third kappa shape index (κ3) is 5.35. The molecule has 2 aromatic rings. The summed E-state index contributed by atoms with van der Waals surface area (Å²) in [5.41, 5.74) is 1.32. The predicted octanol–water partition coefficient (Wildman–Crippen LogP) is 4.29. The zero-order valence-electron chi connectivity index (χ0n) is 15.0. The summed E-state index contributed by atoms with van der Waals surface area (Å²) in [5.74, 6) is -0.645. The van der Waals surface area contributed by atoms with Crippen LogP contribution in [-0.2, 0) is 0 Å². The van der Waals surface area contributed by atoms with Crippen molar-refractivity contribution < 1.29 is 27.1 Å². The number of nitrogens with one attached hydrogen (secondary N) is 2. The van der Waals surface area contributed by atoms with E-state index in [1.165, 1.54) is 24.3 Å². The van der Waals surface area contributed by atoms with Crippen molar-refractivity contribution in [3.05, 3.63) is 59.9 Å². The number of anilines is 1. The number of hydrogen-bond acceptors (Lipinski definition) is 3. The second-order valence-corrected chi connectivity index (χ2v) is 6.54. The van der Waals surface area contributed by atoms with Crippen LogP contribution in [0.5, 0.6) is 5.75 Å². The van der Waals surface area contributed by atoms with E-state index in [9.17, 15) is 22.4 Å². The maximum Gasteiger partial charge on any atom is 0.573 e. The molecule has 2 aromatic carbocycles. The van der Waals surface area contributed by atoms with Gasteiger partial charge in [-0.15, -0.1) is 13.2 Å². The van der Waals surface area contributed by atoms with Crippen LogP contribution >= 0.6 is 0 Å². The van der Waals surface area contributed by atoms with Crippen LogP contribution in [0.3, 0.4) is 0 Å². The number of nitrogens with zero attached hydrogens (tertiary/aromatic N) is 1. The number of urea groups is 1. The molecule has 2 N–H and O–H groups in total. The van der Waals surface area contributed by atoms with Crippen molar-refractivity contribution in [1.29, 1.82) is 0 Å². The molecule has 0 radical (unpaired) electrons. The van der Waals surface area contributed by atoms with E-state index in [-0.39, 0.29) is 29.7 Å². The topological polar surface area (TPSA) is 53.6 Å². The van der Waals surface area contributed by atoms with Gasteiger partial charge in [0.2, 0.25) is 0 Å². The van der Waals surface area contributed by atoms with Gasteiger partial charge in [0.1, 0.15) is 11.6 Å². The Balaban J connectivity index is 1.44. The molecular formula is C19H19F4N3O2. The lowest BCUT2D eigenvalue weighted by atomic mass is 10.0. The third-order valence-corrected chi connectivity index (χ3v) is 4.36. The monoisotopic (exact) mass is 397 g/mol. The number of carbonyl (C=O) groups is 1. The molecule has 0 aromatic heterocycles. The standard InChI is InChI=1S/C19H19F4N3O2/c1-12(13-2-4-14(20)5-3-13)24-16-10-26(11-16)18(27)25-15-6-8-17(9-7-15)28-19(21,22)23/h2-9,12,16,24H,10-11H2,1H3,(H,25,27). The van der Waals surface area contributed by atoms with Crippen molar-refractivity contribution in [2.45, 2.75) is 25.4 Å². The molecule has 1 fully saturated rings. The van der Waals surface area contributed by atoms with E-state index in [1.54, 1.807) is 17.0 Å². The van der Waals surface area contributed by atoms with E-state index in [0.29, 0.717) is 18.8 Å². The van der Waals surface area contributed by atoms with Gasteiger partial charge in [0.05, 0.1) is 0 Å². The summed E-state index contributed by atoms with van der Waals surface area (Å²) >= 11 is 0. The predicted molar refractivity (Wildman–Crippen MR) is 95.5 cm³/mol. The van der Waals surface area contributed by atoms with E-state index in [2.05, 4.69) is 15.4 Å². The average Bonchev–Trinajstić information content (AvgIpc) is 2.58. The zero-order valence-corrected chi connectivity index (χ0v) is 15.0. The van der Waals surface area contributed by atoms with Crippen LogP contribution in [0.1, 0.15) is 18.5 Å². The number of likely N-dealkylation sites (tertiary alicyclic amines) is 1. The molecule has 0 saturated carbocycles. The third-order valence-electron chi connectivity index (χ3n) is 4.36. The molecule has 1 atom stereocenters. The van der Waals surface area contributed by atoms with Crippen molar-refractivity contribution in [2.75, 3.05) is 18.4 Å². The first-order chi connectivity index (χ1) is 13.2. The van der Waals surface area contributed by atoms with Crippen LogP contribution in [-0.4, -0.2) is 36.4 Å². The summed E-state index contributed by atoms with van der Waals surface area (Å²) in [4.78, 5) is 13.8. The number of alkyl halides is 3. The highest BCUT2D eigenvalue weighted by Gasteiger charge is 2.32. The molecule has 0 aliphatic carbocycles. The van der Waals surface area contributed by atoms with Crippen molar-refractivity contribution in [2.24, 2.45) is 0 Å². The molecule has 28 heavy (non-hydrogen) atoms. The maximum atomic E-state index is 13.0. The fourth-order valence-electron chi connectivity index (χ4n) is 2.89. The minimum atomic E-state index is -4.75. The lowest BCUT2D eigenvalue weighted by Crippen LogP contribution is -2.61. The Morgan fingerprint density at radius 3 is 2.29 bits per heavy atom. The Morgan fingerprint density at radius 1 is 1.11 bits per heavy atom. The van der Waals surface area contributed by atoms with Crippen LogP contribution in [0, 0.1) is 5.82 Å². The minimum absolute atomic E-state index is 0.0111. The number of benzene rings is 2. The molecule has 1 unspecified atom stereocenters. The van der Waals surface area contributed by atoms with Gasteiger partial charge in [-0.3, -0.25) is 0 Å². The molecule has 0 bridgehead atoms. The fourth-order valence-corrected chi connectivity index (χ4v) is 2.89. The van der Waals surface area contributed by atoms with Gasteiger partial charge >= 0.3 is 12.4 Å². The molecule has 1 aliphatic rings. The van der Waals surface area contributed by atoms with Crippen LogP contribution in [0.2, 0.25) is 0 Å². The summed E-state index contributed by atoms with van der Waals surface area (Å²) in [5, 5.41) is 5.99. The highest BCUT2D eigenvalue weighted by atomic mass is 19.4. The van der Waals surface area contributed by atoms with Crippen LogP contribution in [0.15, 0.2) is 48.5 Å². The Morgan fingerprint density at radius 2 is 1.71 bits per heavy atom. The molecule has 9 heteroatoms. The molecule has 5 nitrogen and oxygen atoms in total. The smallest absolute Gasteiger partial charge is 0.406 e. The molecule has 1 aliphatic heterocycles. The second kappa shape index (κ2) is 8.05. The first-order valence-electron chi connectivity index (χ1n) is 8.63. The molecule has 150 valence electrons. The quantitative estimate of drug-likeness (QED) is 0.740. The summed E-state index contributed by atoms with van der Waals surface area (Å²) in [6.07, 6.45) is -4.75. The normalized spacial score (nSPS) is 15.7. The van der Waals surface area contributed by atoms with Gasteiger partial charge in [0, 0.05) is 30.9 Å². The lowest BCUT2D eigenvalue weighted by molar-refractivity contribution is -0.274. The highest BCUT2D eigenvalue weighted by molar-refractivity contribution is 5.90.